The van der Waals surface area contributed by atoms with Crippen LogP contribution in [0.2, 0.25) is 0 Å². The van der Waals surface area contributed by atoms with E-state index in [1.165, 1.54) is 18.1 Å². The summed E-state index contributed by atoms with van der Waals surface area (Å²) in [5, 5.41) is 5.74. The number of carbonyl (C=O) groups is 2. The zero-order chi connectivity index (χ0) is 23.1. The van der Waals surface area contributed by atoms with Gasteiger partial charge in [0.25, 0.3) is 5.91 Å². The summed E-state index contributed by atoms with van der Waals surface area (Å²) in [6.45, 7) is 2.34. The predicted molar refractivity (Wildman–Crippen MR) is 126 cm³/mol. The second-order valence-electron chi connectivity index (χ2n) is 7.16. The Morgan fingerprint density at radius 3 is 2.69 bits per heavy atom. The maximum absolute atomic E-state index is 12.5. The van der Waals surface area contributed by atoms with Crippen molar-refractivity contribution < 1.29 is 19.1 Å². The Labute approximate surface area is 191 Å². The number of aryl methyl sites for hydroxylation is 1. The van der Waals surface area contributed by atoms with Crippen LogP contribution in [0.25, 0.3) is 6.08 Å². The van der Waals surface area contributed by atoms with Crippen molar-refractivity contribution in [1.29, 1.82) is 0 Å². The number of benzene rings is 2. The number of ether oxygens (including phenoxy) is 2. The molecule has 0 saturated carbocycles. The van der Waals surface area contributed by atoms with Crippen LogP contribution in [0.3, 0.4) is 0 Å². The number of amides is 2. The molecule has 0 bridgehead atoms. The molecule has 3 aromatic rings. The van der Waals surface area contributed by atoms with Crippen molar-refractivity contribution in [1.82, 2.24) is 9.88 Å². The number of hydrogen-bond acceptors (Lipinski definition) is 6. The Hall–Kier alpha value is -3.65. The lowest BCUT2D eigenvalue weighted by atomic mass is 10.1. The van der Waals surface area contributed by atoms with Crippen LogP contribution in [0.15, 0.2) is 53.9 Å². The molecule has 0 saturated heterocycles. The summed E-state index contributed by atoms with van der Waals surface area (Å²) in [5.74, 6) is 0.648. The number of methoxy groups -OCH3 is 1. The van der Waals surface area contributed by atoms with Crippen molar-refractivity contribution in [2.24, 2.45) is 0 Å². The van der Waals surface area contributed by atoms with Gasteiger partial charge >= 0.3 is 0 Å². The van der Waals surface area contributed by atoms with Crippen molar-refractivity contribution in [2.75, 3.05) is 26.5 Å². The lowest BCUT2D eigenvalue weighted by Gasteiger charge is -2.14. The van der Waals surface area contributed by atoms with Crippen LogP contribution in [0.5, 0.6) is 11.5 Å². The summed E-state index contributed by atoms with van der Waals surface area (Å²) >= 11 is 1.58. The van der Waals surface area contributed by atoms with Crippen LogP contribution in [0, 0.1) is 6.92 Å². The van der Waals surface area contributed by atoms with Gasteiger partial charge in [0.2, 0.25) is 5.91 Å². The smallest absolute Gasteiger partial charge is 0.253 e. The molecule has 3 rings (SSSR count). The number of nitrogens with zero attached hydrogens (tertiary/aromatic N) is 2. The first-order valence-corrected chi connectivity index (χ1v) is 10.8. The first-order chi connectivity index (χ1) is 15.4. The standard InChI is InChI=1S/C24H25N3O4S/c1-16-25-19(15-32-16)14-31-20-7-5-6-17(12-20)8-11-23(28)26-21-13-18(24(29)27(2)3)9-10-22(21)30-4/h5-13,15H,14H2,1-4H3,(H,26,28)/b11-8+. The summed E-state index contributed by atoms with van der Waals surface area (Å²) in [4.78, 5) is 30.5. The third kappa shape index (κ3) is 6.18. The fourth-order valence-corrected chi connectivity index (χ4v) is 3.48. The van der Waals surface area contributed by atoms with Crippen molar-refractivity contribution in [3.05, 3.63) is 75.7 Å². The number of nitrogens with one attached hydrogen (secondary N) is 1. The van der Waals surface area contributed by atoms with Crippen molar-refractivity contribution in [3.63, 3.8) is 0 Å². The number of aromatic nitrogens is 1. The topological polar surface area (TPSA) is 80.8 Å². The maximum Gasteiger partial charge on any atom is 0.253 e. The van der Waals surface area contributed by atoms with Crippen LogP contribution in [0.4, 0.5) is 5.69 Å². The van der Waals surface area contributed by atoms with E-state index in [1.54, 1.807) is 49.7 Å². The van der Waals surface area contributed by atoms with E-state index >= 15 is 0 Å². The summed E-state index contributed by atoms with van der Waals surface area (Å²) in [5.41, 5.74) is 2.58. The lowest BCUT2D eigenvalue weighted by Crippen LogP contribution is -2.22. The number of thiazole rings is 1. The molecule has 8 heteroatoms. The molecule has 166 valence electrons. The Kier molecular flexibility index (Phi) is 7.62. The van der Waals surface area contributed by atoms with Gasteiger partial charge in [0.05, 0.1) is 23.5 Å². The highest BCUT2D eigenvalue weighted by molar-refractivity contribution is 7.09. The fourth-order valence-electron chi connectivity index (χ4n) is 2.88. The van der Waals surface area contributed by atoms with Crippen LogP contribution < -0.4 is 14.8 Å². The molecule has 0 aliphatic carbocycles. The third-order valence-electron chi connectivity index (χ3n) is 4.45. The molecule has 7 nitrogen and oxygen atoms in total. The van der Waals surface area contributed by atoms with Gasteiger partial charge in [-0.05, 0) is 48.9 Å². The van der Waals surface area contributed by atoms with E-state index in [2.05, 4.69) is 10.3 Å². The minimum Gasteiger partial charge on any atom is -0.495 e. The van der Waals surface area contributed by atoms with Gasteiger partial charge in [-0.2, -0.15) is 0 Å². The van der Waals surface area contributed by atoms with Gasteiger partial charge in [0, 0.05) is 31.1 Å². The maximum atomic E-state index is 12.5. The molecule has 0 atom stereocenters. The van der Waals surface area contributed by atoms with E-state index in [-0.39, 0.29) is 11.8 Å². The van der Waals surface area contributed by atoms with Crippen LogP contribution in [-0.2, 0) is 11.4 Å². The normalized spacial score (nSPS) is 10.8. The Morgan fingerprint density at radius 2 is 2.00 bits per heavy atom. The molecule has 0 aliphatic heterocycles. The van der Waals surface area contributed by atoms with Gasteiger partial charge in [-0.25, -0.2) is 4.98 Å². The Balaban J connectivity index is 1.66. The highest BCUT2D eigenvalue weighted by atomic mass is 32.1. The fraction of sp³-hybridized carbons (Fsp3) is 0.208. The molecule has 0 radical (unpaired) electrons. The number of anilines is 1. The number of carbonyl (C=O) groups excluding carboxylic acids is 2. The van der Waals surface area contributed by atoms with Gasteiger partial charge in [-0.1, -0.05) is 12.1 Å². The molecule has 2 amide bonds. The Morgan fingerprint density at radius 1 is 1.19 bits per heavy atom. The number of hydrogen-bond donors (Lipinski definition) is 1. The van der Waals surface area contributed by atoms with Gasteiger partial charge in [0.1, 0.15) is 18.1 Å². The molecule has 0 aliphatic rings. The zero-order valence-electron chi connectivity index (χ0n) is 18.4. The molecule has 0 fully saturated rings. The second-order valence-corrected chi connectivity index (χ2v) is 8.22. The quantitative estimate of drug-likeness (QED) is 0.514. The van der Waals surface area contributed by atoms with E-state index in [0.717, 1.165) is 16.3 Å². The average Bonchev–Trinajstić information content (AvgIpc) is 3.21. The van der Waals surface area contributed by atoms with E-state index in [4.69, 9.17) is 9.47 Å². The summed E-state index contributed by atoms with van der Waals surface area (Å²) < 4.78 is 11.1. The summed E-state index contributed by atoms with van der Waals surface area (Å²) in [6.07, 6.45) is 3.11. The first kappa shape index (κ1) is 23.0. The highest BCUT2D eigenvalue weighted by Crippen LogP contribution is 2.26. The SMILES string of the molecule is COc1ccc(C(=O)N(C)C)cc1NC(=O)/C=C/c1cccc(OCc2csc(C)n2)c1. The Bertz CT molecular complexity index is 1140. The van der Waals surface area contributed by atoms with Gasteiger partial charge in [-0.3, -0.25) is 9.59 Å². The highest BCUT2D eigenvalue weighted by Gasteiger charge is 2.13. The van der Waals surface area contributed by atoms with Crippen molar-refractivity contribution in [3.8, 4) is 11.5 Å². The first-order valence-electron chi connectivity index (χ1n) is 9.88. The molecule has 1 aromatic heterocycles. The lowest BCUT2D eigenvalue weighted by molar-refractivity contribution is -0.111. The zero-order valence-corrected chi connectivity index (χ0v) is 19.2. The van der Waals surface area contributed by atoms with E-state index in [1.807, 2.05) is 36.6 Å². The largest absolute Gasteiger partial charge is 0.495 e. The van der Waals surface area contributed by atoms with Crippen LogP contribution >= 0.6 is 11.3 Å². The second kappa shape index (κ2) is 10.6. The van der Waals surface area contributed by atoms with Gasteiger partial charge in [-0.15, -0.1) is 11.3 Å². The minimum atomic E-state index is -0.345. The molecule has 0 unspecified atom stereocenters. The molecule has 2 aromatic carbocycles. The van der Waals surface area contributed by atoms with Crippen molar-refractivity contribution in [2.45, 2.75) is 13.5 Å². The number of rotatable bonds is 8. The van der Waals surface area contributed by atoms with Crippen molar-refractivity contribution >= 4 is 34.9 Å². The molecule has 1 heterocycles. The van der Waals surface area contributed by atoms with Gasteiger partial charge < -0.3 is 19.7 Å². The summed E-state index contributed by atoms with van der Waals surface area (Å²) in [6, 6.07) is 12.3. The minimum absolute atomic E-state index is 0.164. The molecular formula is C24H25N3O4S. The van der Waals surface area contributed by atoms with E-state index in [9.17, 15) is 9.59 Å². The predicted octanol–water partition coefficient (Wildman–Crippen LogP) is 4.39. The van der Waals surface area contributed by atoms with Crippen LogP contribution in [-0.4, -0.2) is 42.9 Å². The molecule has 1 N–H and O–H groups in total. The van der Waals surface area contributed by atoms with Gasteiger partial charge in [0.15, 0.2) is 0 Å². The molecular weight excluding hydrogens is 426 g/mol. The van der Waals surface area contributed by atoms with E-state index < -0.39 is 0 Å². The monoisotopic (exact) mass is 451 g/mol. The average molecular weight is 452 g/mol. The summed E-state index contributed by atoms with van der Waals surface area (Å²) in [7, 11) is 4.85. The third-order valence-corrected chi connectivity index (χ3v) is 5.27. The van der Waals surface area contributed by atoms with Crippen LogP contribution in [0.1, 0.15) is 26.6 Å². The van der Waals surface area contributed by atoms with E-state index in [0.29, 0.717) is 29.4 Å². The molecule has 0 spiro atoms. The molecule has 32 heavy (non-hydrogen) atoms.